The molecule has 1 saturated heterocycles. The van der Waals surface area contributed by atoms with Crippen LogP contribution in [0.4, 0.5) is 0 Å². The largest absolute Gasteiger partial charge is 0.394 e. The van der Waals surface area contributed by atoms with Crippen LogP contribution in [-0.4, -0.2) is 58.8 Å². The summed E-state index contributed by atoms with van der Waals surface area (Å²) in [5.74, 6) is 0.162. The lowest BCUT2D eigenvalue weighted by Crippen LogP contribution is -2.37. The summed E-state index contributed by atoms with van der Waals surface area (Å²) in [6, 6.07) is -0.240. The monoisotopic (exact) mass is 567 g/mol. The van der Waals surface area contributed by atoms with Crippen LogP contribution in [0, 0.1) is 0 Å². The second-order valence-corrected chi connectivity index (χ2v) is 12.4. The molecular formula is C34H66N2O4. The predicted octanol–water partition coefficient (Wildman–Crippen LogP) is 7.83. The van der Waals surface area contributed by atoms with Crippen LogP contribution in [0.5, 0.6) is 0 Å². The second-order valence-electron chi connectivity index (χ2n) is 12.4. The van der Waals surface area contributed by atoms with Gasteiger partial charge in [0.1, 0.15) is 0 Å². The number of aliphatic hydroxyl groups is 2. The molecule has 2 atom stereocenters. The van der Waals surface area contributed by atoms with Crippen molar-refractivity contribution in [2.45, 2.75) is 186 Å². The Bertz CT molecular complexity index is 600. The fraction of sp³-hybridized carbons (Fsp3) is 0.941. The maximum Gasteiger partial charge on any atom is 0.222 e. The zero-order valence-corrected chi connectivity index (χ0v) is 26.3. The van der Waals surface area contributed by atoms with Gasteiger partial charge in [0.15, 0.2) is 0 Å². The lowest BCUT2D eigenvalue weighted by Gasteiger charge is -2.22. The van der Waals surface area contributed by atoms with Crippen LogP contribution in [0.25, 0.3) is 0 Å². The zero-order chi connectivity index (χ0) is 29.1. The number of amides is 2. The van der Waals surface area contributed by atoms with Crippen molar-refractivity contribution in [2.75, 3.05) is 19.7 Å². The number of hydrogen-bond donors (Lipinski definition) is 3. The summed E-state index contributed by atoms with van der Waals surface area (Å²) in [4.78, 5) is 25.9. The van der Waals surface area contributed by atoms with Crippen molar-refractivity contribution in [3.8, 4) is 0 Å². The predicted molar refractivity (Wildman–Crippen MR) is 167 cm³/mol. The number of nitrogens with one attached hydrogen (secondary N) is 1. The molecule has 6 heteroatoms. The second kappa shape index (κ2) is 26.7. The van der Waals surface area contributed by atoms with Crippen molar-refractivity contribution < 1.29 is 19.8 Å². The third kappa shape index (κ3) is 20.7. The normalized spacial score (nSPS) is 17.0. The number of unbranched alkanes of at least 4 members (excludes halogenated alkanes) is 21. The molecule has 1 aliphatic rings. The smallest absolute Gasteiger partial charge is 0.222 e. The van der Waals surface area contributed by atoms with Gasteiger partial charge in [-0.05, 0) is 25.7 Å². The van der Waals surface area contributed by atoms with Crippen LogP contribution in [-0.2, 0) is 9.59 Å². The van der Waals surface area contributed by atoms with E-state index in [1.807, 2.05) is 0 Å². The van der Waals surface area contributed by atoms with Gasteiger partial charge in [0.05, 0.1) is 18.8 Å². The SMILES string of the molecule is CCCCCCCCCCCCCCCCCCCCCCC(=O)NCCCCCC(=O)N1CC(O)C[C@H]1CO. The minimum atomic E-state index is -0.518. The molecule has 1 aliphatic heterocycles. The molecule has 1 fully saturated rings. The van der Waals surface area contributed by atoms with E-state index in [2.05, 4.69) is 12.2 Å². The lowest BCUT2D eigenvalue weighted by molar-refractivity contribution is -0.133. The summed E-state index contributed by atoms with van der Waals surface area (Å²) >= 11 is 0. The summed E-state index contributed by atoms with van der Waals surface area (Å²) in [6.07, 6.45) is 30.9. The number of carbonyl (C=O) groups excluding carboxylic acids is 2. The zero-order valence-electron chi connectivity index (χ0n) is 26.3. The number of aliphatic hydroxyl groups excluding tert-OH is 2. The molecule has 2 amide bonds. The van der Waals surface area contributed by atoms with Crippen LogP contribution in [0.15, 0.2) is 0 Å². The van der Waals surface area contributed by atoms with Crippen LogP contribution < -0.4 is 5.32 Å². The molecule has 1 rings (SSSR count). The van der Waals surface area contributed by atoms with Crippen molar-refractivity contribution in [2.24, 2.45) is 0 Å². The van der Waals surface area contributed by atoms with E-state index in [0.717, 1.165) is 32.1 Å². The molecule has 0 radical (unpaired) electrons. The van der Waals surface area contributed by atoms with Crippen molar-refractivity contribution in [3.05, 3.63) is 0 Å². The van der Waals surface area contributed by atoms with E-state index in [0.29, 0.717) is 32.4 Å². The van der Waals surface area contributed by atoms with Gasteiger partial charge in [0, 0.05) is 25.9 Å². The molecule has 0 bridgehead atoms. The third-order valence-electron chi connectivity index (χ3n) is 8.57. The quantitative estimate of drug-likeness (QED) is 0.0842. The van der Waals surface area contributed by atoms with E-state index in [1.54, 1.807) is 4.90 Å². The Morgan fingerprint density at radius 2 is 1.07 bits per heavy atom. The Morgan fingerprint density at radius 1 is 0.650 bits per heavy atom. The van der Waals surface area contributed by atoms with E-state index >= 15 is 0 Å². The Hall–Kier alpha value is -1.14. The standard InChI is InChI=1S/C34H66N2O4/c1-2-3-4-5-6-7-8-9-10-11-12-13-14-15-16-17-18-19-20-22-25-33(39)35-27-24-21-23-26-34(40)36-29-32(38)28-31(36)30-37/h31-32,37-38H,2-30H2,1H3,(H,35,39)/t31-,32?/m0/s1. The number of hydrogen-bond acceptors (Lipinski definition) is 4. The molecule has 1 unspecified atom stereocenters. The number of likely N-dealkylation sites (tertiary alicyclic amines) is 1. The Kier molecular flexibility index (Phi) is 24.7. The Balaban J connectivity index is 1.76. The molecule has 40 heavy (non-hydrogen) atoms. The molecule has 0 aromatic heterocycles. The van der Waals surface area contributed by atoms with E-state index in [4.69, 9.17) is 0 Å². The first-order valence-electron chi connectivity index (χ1n) is 17.4. The molecule has 236 valence electrons. The first kappa shape index (κ1) is 36.9. The fourth-order valence-electron chi connectivity index (χ4n) is 5.95. The maximum atomic E-state index is 12.3. The van der Waals surface area contributed by atoms with Crippen molar-refractivity contribution in [1.82, 2.24) is 10.2 Å². The highest BCUT2D eigenvalue weighted by molar-refractivity contribution is 5.77. The van der Waals surface area contributed by atoms with Gasteiger partial charge in [0.25, 0.3) is 0 Å². The van der Waals surface area contributed by atoms with Gasteiger partial charge in [-0.3, -0.25) is 9.59 Å². The summed E-state index contributed by atoms with van der Waals surface area (Å²) in [5.41, 5.74) is 0. The van der Waals surface area contributed by atoms with Crippen LogP contribution in [0.3, 0.4) is 0 Å². The van der Waals surface area contributed by atoms with Crippen molar-refractivity contribution in [1.29, 1.82) is 0 Å². The van der Waals surface area contributed by atoms with Crippen LogP contribution >= 0.6 is 0 Å². The molecule has 0 saturated carbocycles. The maximum absolute atomic E-state index is 12.3. The van der Waals surface area contributed by atoms with Crippen molar-refractivity contribution >= 4 is 11.8 Å². The summed E-state index contributed by atoms with van der Waals surface area (Å²) in [7, 11) is 0. The van der Waals surface area contributed by atoms with Crippen molar-refractivity contribution in [3.63, 3.8) is 0 Å². The number of nitrogens with zero attached hydrogens (tertiary/aromatic N) is 1. The summed E-state index contributed by atoms with van der Waals surface area (Å²) < 4.78 is 0. The molecule has 3 N–H and O–H groups in total. The first-order valence-corrected chi connectivity index (χ1v) is 17.4. The van der Waals surface area contributed by atoms with E-state index in [-0.39, 0.29) is 24.5 Å². The average molecular weight is 567 g/mol. The minimum absolute atomic E-state index is 0.0132. The van der Waals surface area contributed by atoms with Gasteiger partial charge in [0.2, 0.25) is 11.8 Å². The number of rotatable bonds is 28. The Morgan fingerprint density at radius 3 is 1.55 bits per heavy atom. The van der Waals surface area contributed by atoms with Gasteiger partial charge in [-0.2, -0.15) is 0 Å². The molecule has 0 aromatic rings. The molecule has 6 nitrogen and oxygen atoms in total. The summed E-state index contributed by atoms with van der Waals surface area (Å²) in [5, 5.41) is 22.1. The lowest BCUT2D eigenvalue weighted by atomic mass is 10.0. The first-order chi connectivity index (χ1) is 19.6. The molecule has 0 spiro atoms. The third-order valence-corrected chi connectivity index (χ3v) is 8.57. The van der Waals surface area contributed by atoms with Crippen LogP contribution in [0.1, 0.15) is 174 Å². The van der Waals surface area contributed by atoms with Gasteiger partial charge < -0.3 is 20.4 Å². The van der Waals surface area contributed by atoms with Gasteiger partial charge in [-0.25, -0.2) is 0 Å². The highest BCUT2D eigenvalue weighted by atomic mass is 16.3. The van der Waals surface area contributed by atoms with Gasteiger partial charge in [-0.1, -0.05) is 135 Å². The van der Waals surface area contributed by atoms with Crippen LogP contribution in [0.2, 0.25) is 0 Å². The number of β-amino-alcohol motifs (C(OH)–C–C–N with tert-alkyl or cyclic N) is 1. The van der Waals surface area contributed by atoms with Gasteiger partial charge in [-0.15, -0.1) is 0 Å². The molecule has 0 aliphatic carbocycles. The van der Waals surface area contributed by atoms with E-state index in [9.17, 15) is 19.8 Å². The molecular weight excluding hydrogens is 500 g/mol. The summed E-state index contributed by atoms with van der Waals surface area (Å²) in [6.45, 7) is 3.20. The fourth-order valence-corrected chi connectivity index (χ4v) is 5.95. The van der Waals surface area contributed by atoms with E-state index < -0.39 is 6.10 Å². The van der Waals surface area contributed by atoms with Gasteiger partial charge >= 0.3 is 0 Å². The molecule has 0 aromatic carbocycles. The van der Waals surface area contributed by atoms with E-state index in [1.165, 1.54) is 116 Å². The highest BCUT2D eigenvalue weighted by Crippen LogP contribution is 2.19. The Labute approximate surface area is 247 Å². The topological polar surface area (TPSA) is 89.9 Å². The minimum Gasteiger partial charge on any atom is -0.394 e. The molecule has 1 heterocycles. The average Bonchev–Trinajstić information content (AvgIpc) is 3.34. The highest BCUT2D eigenvalue weighted by Gasteiger charge is 2.33. The number of carbonyl (C=O) groups is 2.